The zero-order valence-electron chi connectivity index (χ0n) is 19.5. The number of para-hydroxylation sites is 2. The van der Waals surface area contributed by atoms with Gasteiger partial charge in [-0.05, 0) is 67.3 Å². The van der Waals surface area contributed by atoms with Crippen molar-refractivity contribution in [1.29, 1.82) is 0 Å². The Kier molecular flexibility index (Phi) is 6.98. The number of hydrogen-bond acceptors (Lipinski definition) is 4. The molecule has 0 fully saturated rings. The number of fused-ring (bicyclic) bond motifs is 1. The topological polar surface area (TPSA) is 45.5 Å². The van der Waals surface area contributed by atoms with E-state index in [1.807, 2.05) is 42.5 Å². The van der Waals surface area contributed by atoms with Crippen LogP contribution >= 0.6 is 0 Å². The Morgan fingerprint density at radius 3 is 2.61 bits per heavy atom. The fourth-order valence-corrected chi connectivity index (χ4v) is 3.86. The van der Waals surface area contributed by atoms with E-state index in [2.05, 4.69) is 49.3 Å². The summed E-state index contributed by atoms with van der Waals surface area (Å²) in [6, 6.07) is 20.3. The zero-order chi connectivity index (χ0) is 23.2. The van der Waals surface area contributed by atoms with Gasteiger partial charge in [0, 0.05) is 0 Å². The largest absolute Gasteiger partial charge is 0.493 e. The first kappa shape index (κ1) is 22.5. The molecule has 0 aliphatic carbocycles. The zero-order valence-corrected chi connectivity index (χ0v) is 19.5. The number of allylic oxidation sites excluding steroid dienone is 1. The number of ether oxygens (including phenoxy) is 3. The molecule has 1 aromatic heterocycles. The molecule has 0 aliphatic rings. The minimum atomic E-state index is 0.387. The van der Waals surface area contributed by atoms with Gasteiger partial charge in [0.2, 0.25) is 0 Å². The number of aryl methyl sites for hydroxylation is 2. The molecular weight excluding hydrogens is 412 g/mol. The molecule has 0 amide bonds. The summed E-state index contributed by atoms with van der Waals surface area (Å²) in [5.74, 6) is 3.20. The number of rotatable bonds is 10. The highest BCUT2D eigenvalue weighted by molar-refractivity contribution is 5.75. The molecule has 4 rings (SSSR count). The Bertz CT molecular complexity index is 1260. The van der Waals surface area contributed by atoms with Crippen molar-refractivity contribution in [3.05, 3.63) is 95.8 Å². The lowest BCUT2D eigenvalue weighted by Crippen LogP contribution is -2.13. The summed E-state index contributed by atoms with van der Waals surface area (Å²) in [4.78, 5) is 4.82. The summed E-state index contributed by atoms with van der Waals surface area (Å²) in [5.41, 5.74) is 5.43. The maximum absolute atomic E-state index is 6.16. The Hall–Kier alpha value is -3.73. The highest BCUT2D eigenvalue weighted by Gasteiger charge is 2.13. The van der Waals surface area contributed by atoms with Crippen LogP contribution in [0.5, 0.6) is 17.2 Å². The van der Waals surface area contributed by atoms with Gasteiger partial charge in [-0.3, -0.25) is 0 Å². The van der Waals surface area contributed by atoms with Crippen molar-refractivity contribution in [2.75, 3.05) is 13.7 Å². The third kappa shape index (κ3) is 5.20. The number of benzene rings is 3. The van der Waals surface area contributed by atoms with Gasteiger partial charge < -0.3 is 18.8 Å². The third-order valence-electron chi connectivity index (χ3n) is 5.61. The fourth-order valence-electron chi connectivity index (χ4n) is 3.86. The molecule has 0 bridgehead atoms. The summed E-state index contributed by atoms with van der Waals surface area (Å²) in [5, 5.41) is 0. The van der Waals surface area contributed by atoms with E-state index in [0.717, 1.165) is 51.7 Å². The van der Waals surface area contributed by atoms with E-state index in [1.165, 1.54) is 5.56 Å². The van der Waals surface area contributed by atoms with Gasteiger partial charge in [0.15, 0.2) is 11.5 Å². The normalized spacial score (nSPS) is 10.9. The second-order valence-electron chi connectivity index (χ2n) is 8.05. The van der Waals surface area contributed by atoms with Gasteiger partial charge in [-0.1, -0.05) is 36.4 Å². The number of hydrogen-bond donors (Lipinski definition) is 0. The first-order valence-electron chi connectivity index (χ1n) is 11.1. The van der Waals surface area contributed by atoms with Crippen LogP contribution < -0.4 is 14.2 Å². The van der Waals surface area contributed by atoms with Crippen LogP contribution in [0.15, 0.2) is 73.3 Å². The predicted molar refractivity (Wildman–Crippen MR) is 132 cm³/mol. The smallest absolute Gasteiger partial charge is 0.161 e. The SMILES string of the molecule is C=CCc1ccc(OCCn2c(COc3cc(C)ccc3C)nc3ccccc32)c(OC)c1. The lowest BCUT2D eigenvalue weighted by Gasteiger charge is -2.14. The van der Waals surface area contributed by atoms with Crippen molar-refractivity contribution in [2.45, 2.75) is 33.4 Å². The standard InChI is InChI=1S/C28H30N2O3/c1-5-8-22-13-14-25(27(18-22)31-4)32-16-15-30-24-10-7-6-9-23(24)29-28(30)19-33-26-17-20(2)11-12-21(26)3/h5-7,9-14,17-18H,1,8,15-16,19H2,2-4H3. The van der Waals surface area contributed by atoms with E-state index in [0.29, 0.717) is 19.8 Å². The third-order valence-corrected chi connectivity index (χ3v) is 5.61. The molecule has 4 aromatic rings. The molecule has 5 heteroatoms. The van der Waals surface area contributed by atoms with Crippen LogP contribution in [-0.4, -0.2) is 23.3 Å². The monoisotopic (exact) mass is 442 g/mol. The average molecular weight is 443 g/mol. The van der Waals surface area contributed by atoms with Crippen LogP contribution in [0.1, 0.15) is 22.5 Å². The van der Waals surface area contributed by atoms with E-state index in [1.54, 1.807) is 7.11 Å². The Morgan fingerprint density at radius 1 is 0.939 bits per heavy atom. The molecular formula is C28H30N2O3. The fraction of sp³-hybridized carbons (Fsp3) is 0.250. The molecule has 5 nitrogen and oxygen atoms in total. The van der Waals surface area contributed by atoms with E-state index < -0.39 is 0 Å². The van der Waals surface area contributed by atoms with E-state index in [9.17, 15) is 0 Å². The van der Waals surface area contributed by atoms with E-state index >= 15 is 0 Å². The summed E-state index contributed by atoms with van der Waals surface area (Å²) in [6.07, 6.45) is 2.67. The second-order valence-corrected chi connectivity index (χ2v) is 8.05. The molecule has 0 radical (unpaired) electrons. The van der Waals surface area contributed by atoms with Gasteiger partial charge in [0.25, 0.3) is 0 Å². The summed E-state index contributed by atoms with van der Waals surface area (Å²) >= 11 is 0. The van der Waals surface area contributed by atoms with Crippen LogP contribution in [-0.2, 0) is 19.6 Å². The summed E-state index contributed by atoms with van der Waals surface area (Å²) < 4.78 is 19.9. The maximum Gasteiger partial charge on any atom is 0.161 e. The average Bonchev–Trinajstić information content (AvgIpc) is 3.18. The lowest BCUT2D eigenvalue weighted by molar-refractivity contribution is 0.264. The number of imidazole rings is 1. The molecule has 170 valence electrons. The molecule has 1 heterocycles. The number of methoxy groups -OCH3 is 1. The second kappa shape index (κ2) is 10.3. The van der Waals surface area contributed by atoms with E-state index in [-0.39, 0.29) is 0 Å². The van der Waals surface area contributed by atoms with Gasteiger partial charge in [-0.25, -0.2) is 4.98 Å². The minimum Gasteiger partial charge on any atom is -0.493 e. The van der Waals surface area contributed by atoms with Gasteiger partial charge in [0.1, 0.15) is 24.8 Å². The van der Waals surface area contributed by atoms with Crippen LogP contribution in [0.4, 0.5) is 0 Å². The van der Waals surface area contributed by atoms with Crippen LogP contribution in [0.2, 0.25) is 0 Å². The molecule has 0 atom stereocenters. The summed E-state index contributed by atoms with van der Waals surface area (Å²) in [6.45, 7) is 9.43. The predicted octanol–water partition coefficient (Wildman–Crippen LogP) is 6.05. The molecule has 0 unspecified atom stereocenters. The minimum absolute atomic E-state index is 0.387. The van der Waals surface area contributed by atoms with Crippen molar-refractivity contribution in [3.8, 4) is 17.2 Å². The van der Waals surface area contributed by atoms with Gasteiger partial charge in [0.05, 0.1) is 24.7 Å². The van der Waals surface area contributed by atoms with Crippen LogP contribution in [0.3, 0.4) is 0 Å². The van der Waals surface area contributed by atoms with Crippen molar-refractivity contribution in [1.82, 2.24) is 9.55 Å². The Balaban J connectivity index is 1.51. The van der Waals surface area contributed by atoms with Gasteiger partial charge >= 0.3 is 0 Å². The van der Waals surface area contributed by atoms with Gasteiger partial charge in [-0.15, -0.1) is 6.58 Å². The van der Waals surface area contributed by atoms with Crippen molar-refractivity contribution >= 4 is 11.0 Å². The molecule has 0 saturated carbocycles. The van der Waals surface area contributed by atoms with Gasteiger partial charge in [-0.2, -0.15) is 0 Å². The molecule has 33 heavy (non-hydrogen) atoms. The van der Waals surface area contributed by atoms with Crippen molar-refractivity contribution < 1.29 is 14.2 Å². The molecule has 3 aromatic carbocycles. The maximum atomic E-state index is 6.16. The van der Waals surface area contributed by atoms with E-state index in [4.69, 9.17) is 19.2 Å². The highest BCUT2D eigenvalue weighted by Crippen LogP contribution is 2.29. The Labute approximate surface area is 195 Å². The Morgan fingerprint density at radius 2 is 1.79 bits per heavy atom. The first-order valence-corrected chi connectivity index (χ1v) is 11.1. The lowest BCUT2D eigenvalue weighted by atomic mass is 10.1. The molecule has 0 N–H and O–H groups in total. The highest BCUT2D eigenvalue weighted by atomic mass is 16.5. The first-order chi connectivity index (χ1) is 16.1. The van der Waals surface area contributed by atoms with Crippen LogP contribution in [0.25, 0.3) is 11.0 Å². The number of nitrogens with zero attached hydrogens (tertiary/aromatic N) is 2. The molecule has 0 aliphatic heterocycles. The summed E-state index contributed by atoms with van der Waals surface area (Å²) in [7, 11) is 1.66. The quantitative estimate of drug-likeness (QED) is 0.281. The number of aromatic nitrogens is 2. The molecule has 0 spiro atoms. The van der Waals surface area contributed by atoms with Crippen LogP contribution in [0, 0.1) is 13.8 Å². The molecule has 0 saturated heterocycles. The van der Waals surface area contributed by atoms with Crippen molar-refractivity contribution in [3.63, 3.8) is 0 Å². The van der Waals surface area contributed by atoms with Crippen molar-refractivity contribution in [2.24, 2.45) is 0 Å².